The Kier molecular flexibility index (Phi) is 5.62. The SMILES string of the molecule is CC(C)(CC(=O)NCC(C)(C(=O)O)c1ccccc1)c1ccccc1. The van der Waals surface area contributed by atoms with E-state index in [4.69, 9.17) is 0 Å². The van der Waals surface area contributed by atoms with E-state index in [9.17, 15) is 14.7 Å². The largest absolute Gasteiger partial charge is 0.481 e. The summed E-state index contributed by atoms with van der Waals surface area (Å²) in [5, 5.41) is 12.5. The number of benzene rings is 2. The molecule has 1 amide bonds. The summed E-state index contributed by atoms with van der Waals surface area (Å²) in [5.41, 5.74) is 0.269. The summed E-state index contributed by atoms with van der Waals surface area (Å²) >= 11 is 0. The van der Waals surface area contributed by atoms with Crippen molar-refractivity contribution in [1.29, 1.82) is 0 Å². The Hall–Kier alpha value is -2.62. The third-order valence-electron chi connectivity index (χ3n) is 4.68. The van der Waals surface area contributed by atoms with E-state index in [1.165, 1.54) is 0 Å². The lowest BCUT2D eigenvalue weighted by molar-refractivity contribution is -0.143. The second kappa shape index (κ2) is 7.51. The van der Waals surface area contributed by atoms with Gasteiger partial charge in [0, 0.05) is 13.0 Å². The average Bonchev–Trinajstić information content (AvgIpc) is 2.60. The van der Waals surface area contributed by atoms with Crippen LogP contribution in [0.3, 0.4) is 0 Å². The number of carbonyl (C=O) groups is 2. The predicted octanol–water partition coefficient (Wildman–Crippen LogP) is 3.51. The summed E-state index contributed by atoms with van der Waals surface area (Å²) in [5.74, 6) is -1.11. The lowest BCUT2D eigenvalue weighted by atomic mass is 9.80. The number of rotatable bonds is 7. The summed E-state index contributed by atoms with van der Waals surface area (Å²) in [6.45, 7) is 5.70. The van der Waals surface area contributed by atoms with Gasteiger partial charge in [0.15, 0.2) is 0 Å². The molecular formula is C21H25NO3. The van der Waals surface area contributed by atoms with Crippen molar-refractivity contribution in [2.75, 3.05) is 6.54 Å². The molecule has 2 N–H and O–H groups in total. The molecule has 0 radical (unpaired) electrons. The second-order valence-corrected chi connectivity index (χ2v) is 7.21. The molecule has 0 heterocycles. The molecule has 0 aliphatic rings. The minimum absolute atomic E-state index is 0.0516. The second-order valence-electron chi connectivity index (χ2n) is 7.21. The van der Waals surface area contributed by atoms with Gasteiger partial charge < -0.3 is 10.4 Å². The van der Waals surface area contributed by atoms with Gasteiger partial charge in [0.2, 0.25) is 5.91 Å². The van der Waals surface area contributed by atoms with Crippen LogP contribution in [-0.2, 0) is 20.4 Å². The van der Waals surface area contributed by atoms with Crippen LogP contribution < -0.4 is 5.32 Å². The first-order valence-corrected chi connectivity index (χ1v) is 8.37. The lowest BCUT2D eigenvalue weighted by Gasteiger charge is -2.28. The Bertz CT molecular complexity index is 725. The van der Waals surface area contributed by atoms with E-state index < -0.39 is 11.4 Å². The molecule has 0 aliphatic heterocycles. The number of hydrogen-bond donors (Lipinski definition) is 2. The van der Waals surface area contributed by atoms with Gasteiger partial charge in [0.1, 0.15) is 5.41 Å². The van der Waals surface area contributed by atoms with E-state index in [0.717, 1.165) is 5.56 Å². The van der Waals surface area contributed by atoms with Crippen molar-refractivity contribution in [2.45, 2.75) is 38.0 Å². The molecule has 2 aromatic rings. The van der Waals surface area contributed by atoms with E-state index in [1.54, 1.807) is 31.2 Å². The Balaban J connectivity index is 2.06. The zero-order valence-electron chi connectivity index (χ0n) is 15.0. The Morgan fingerprint density at radius 3 is 1.84 bits per heavy atom. The van der Waals surface area contributed by atoms with Crippen LogP contribution in [0.5, 0.6) is 0 Å². The number of carbonyl (C=O) groups excluding carboxylic acids is 1. The third-order valence-corrected chi connectivity index (χ3v) is 4.68. The summed E-state index contributed by atoms with van der Waals surface area (Å²) in [7, 11) is 0. The van der Waals surface area contributed by atoms with Crippen LogP contribution >= 0.6 is 0 Å². The van der Waals surface area contributed by atoms with Gasteiger partial charge in [-0.3, -0.25) is 9.59 Å². The summed E-state index contributed by atoms with van der Waals surface area (Å²) in [6, 6.07) is 18.8. The van der Waals surface area contributed by atoms with Gasteiger partial charge in [0.05, 0.1) is 0 Å². The molecule has 25 heavy (non-hydrogen) atoms. The van der Waals surface area contributed by atoms with E-state index in [0.29, 0.717) is 12.0 Å². The molecule has 0 saturated heterocycles. The molecule has 0 aliphatic carbocycles. The van der Waals surface area contributed by atoms with Crippen molar-refractivity contribution in [3.63, 3.8) is 0 Å². The standard InChI is InChI=1S/C21H25NO3/c1-20(2,16-10-6-4-7-11-16)14-18(23)22-15-21(3,19(24)25)17-12-8-5-9-13-17/h4-13H,14-15H2,1-3H3,(H,22,23)(H,24,25). The van der Waals surface area contributed by atoms with Crippen LogP contribution in [0, 0.1) is 0 Å². The fourth-order valence-electron chi connectivity index (χ4n) is 2.84. The topological polar surface area (TPSA) is 66.4 Å². The van der Waals surface area contributed by atoms with Crippen LogP contribution in [0.4, 0.5) is 0 Å². The first kappa shape index (κ1) is 18.7. The fraction of sp³-hybridized carbons (Fsp3) is 0.333. The quantitative estimate of drug-likeness (QED) is 0.811. The molecule has 1 atom stereocenters. The van der Waals surface area contributed by atoms with Gasteiger partial charge in [-0.25, -0.2) is 0 Å². The van der Waals surface area contributed by atoms with Crippen LogP contribution in [0.15, 0.2) is 60.7 Å². The first-order valence-electron chi connectivity index (χ1n) is 8.37. The molecule has 2 rings (SSSR count). The van der Waals surface area contributed by atoms with Gasteiger partial charge >= 0.3 is 5.97 Å². The monoisotopic (exact) mass is 339 g/mol. The zero-order chi connectivity index (χ0) is 18.5. The van der Waals surface area contributed by atoms with Crippen LogP contribution in [0.2, 0.25) is 0 Å². The summed E-state index contributed by atoms with van der Waals surface area (Å²) in [6.07, 6.45) is 0.293. The van der Waals surface area contributed by atoms with Crippen molar-refractivity contribution in [3.05, 3.63) is 71.8 Å². The Morgan fingerprint density at radius 2 is 1.36 bits per heavy atom. The first-order chi connectivity index (χ1) is 11.8. The van der Waals surface area contributed by atoms with Gasteiger partial charge in [-0.2, -0.15) is 0 Å². The highest BCUT2D eigenvalue weighted by atomic mass is 16.4. The highest BCUT2D eigenvalue weighted by molar-refractivity contribution is 5.83. The molecule has 4 heteroatoms. The van der Waals surface area contributed by atoms with Gasteiger partial charge in [-0.05, 0) is 23.5 Å². The fourth-order valence-corrected chi connectivity index (χ4v) is 2.84. The number of amides is 1. The lowest BCUT2D eigenvalue weighted by Crippen LogP contribution is -2.45. The van der Waals surface area contributed by atoms with E-state index in [1.807, 2.05) is 50.2 Å². The molecule has 0 spiro atoms. The molecular weight excluding hydrogens is 314 g/mol. The van der Waals surface area contributed by atoms with Crippen molar-refractivity contribution >= 4 is 11.9 Å². The molecule has 1 unspecified atom stereocenters. The third kappa shape index (κ3) is 4.47. The van der Waals surface area contributed by atoms with E-state index in [-0.39, 0.29) is 17.9 Å². The number of nitrogens with one attached hydrogen (secondary N) is 1. The molecule has 0 bridgehead atoms. The smallest absolute Gasteiger partial charge is 0.315 e. The summed E-state index contributed by atoms with van der Waals surface area (Å²) in [4.78, 5) is 24.2. The Morgan fingerprint density at radius 1 is 0.880 bits per heavy atom. The maximum atomic E-state index is 12.4. The highest BCUT2D eigenvalue weighted by Gasteiger charge is 2.36. The van der Waals surface area contributed by atoms with Crippen molar-refractivity contribution in [3.8, 4) is 0 Å². The van der Waals surface area contributed by atoms with E-state index >= 15 is 0 Å². The Labute approximate surface area is 148 Å². The van der Waals surface area contributed by atoms with Crippen LogP contribution in [0.25, 0.3) is 0 Å². The predicted molar refractivity (Wildman–Crippen MR) is 98.5 cm³/mol. The normalized spacial score (nSPS) is 13.7. The van der Waals surface area contributed by atoms with Crippen LogP contribution in [-0.4, -0.2) is 23.5 Å². The van der Waals surface area contributed by atoms with Crippen LogP contribution in [0.1, 0.15) is 38.3 Å². The molecule has 0 saturated carbocycles. The number of carboxylic acid groups (broad SMARTS) is 1. The van der Waals surface area contributed by atoms with Gasteiger partial charge in [0.25, 0.3) is 0 Å². The highest BCUT2D eigenvalue weighted by Crippen LogP contribution is 2.27. The minimum atomic E-state index is -1.16. The molecule has 4 nitrogen and oxygen atoms in total. The zero-order valence-corrected chi connectivity index (χ0v) is 15.0. The molecule has 0 aromatic heterocycles. The molecule has 0 fully saturated rings. The number of aliphatic carboxylic acids is 1. The van der Waals surface area contributed by atoms with Gasteiger partial charge in [-0.1, -0.05) is 74.5 Å². The summed E-state index contributed by atoms with van der Waals surface area (Å²) < 4.78 is 0. The molecule has 132 valence electrons. The van der Waals surface area contributed by atoms with Gasteiger partial charge in [-0.15, -0.1) is 0 Å². The van der Waals surface area contributed by atoms with E-state index in [2.05, 4.69) is 5.32 Å². The maximum Gasteiger partial charge on any atom is 0.315 e. The van der Waals surface area contributed by atoms with Crippen molar-refractivity contribution < 1.29 is 14.7 Å². The van der Waals surface area contributed by atoms with Crippen molar-refractivity contribution in [2.24, 2.45) is 0 Å². The van der Waals surface area contributed by atoms with Crippen molar-refractivity contribution in [1.82, 2.24) is 5.32 Å². The average molecular weight is 339 g/mol. The molecule has 2 aromatic carbocycles. The number of hydrogen-bond acceptors (Lipinski definition) is 2. The maximum absolute atomic E-state index is 12.4. The minimum Gasteiger partial charge on any atom is -0.481 e. The number of carboxylic acids is 1.